The first-order chi connectivity index (χ1) is 19.7. The molecule has 12 nitrogen and oxygen atoms in total. The number of hydrogen-bond acceptors (Lipinski definition) is 10. The Kier molecular flexibility index (Phi) is 9.97. The van der Waals surface area contributed by atoms with Crippen molar-refractivity contribution in [3.8, 4) is 23.1 Å². The molecule has 0 spiro atoms. The van der Waals surface area contributed by atoms with E-state index in [1.807, 2.05) is 13.8 Å². The monoisotopic (exact) mass is 586 g/mol. The second-order valence-corrected chi connectivity index (χ2v) is 11.4. The van der Waals surface area contributed by atoms with Crippen molar-refractivity contribution < 1.29 is 37.3 Å². The minimum atomic E-state index is -4.19. The van der Waals surface area contributed by atoms with Crippen LogP contribution in [0.4, 0.5) is 5.82 Å². The molecular formula is C28H34N4O8S. The van der Waals surface area contributed by atoms with Crippen LogP contribution in [-0.2, 0) is 14.8 Å². The number of aromatic nitrogens is 2. The summed E-state index contributed by atoms with van der Waals surface area (Å²) in [5, 5.41) is 9.51. The number of aliphatic hydroxyl groups excluding tert-OH is 1. The molecule has 0 radical (unpaired) electrons. The third-order valence-electron chi connectivity index (χ3n) is 6.00. The van der Waals surface area contributed by atoms with Gasteiger partial charge in [-0.1, -0.05) is 38.1 Å². The highest BCUT2D eigenvalue weighted by Gasteiger charge is 2.34. The maximum absolute atomic E-state index is 14.1. The van der Waals surface area contributed by atoms with Gasteiger partial charge in [-0.05, 0) is 30.2 Å². The van der Waals surface area contributed by atoms with E-state index < -0.39 is 15.9 Å². The van der Waals surface area contributed by atoms with Gasteiger partial charge < -0.3 is 29.0 Å². The molecule has 1 N–H and O–H groups in total. The molecule has 0 unspecified atom stereocenters. The Bertz CT molecular complexity index is 1430. The summed E-state index contributed by atoms with van der Waals surface area (Å²) in [4.78, 5) is 23.9. The standard InChI is InChI=1S/C28H34N4O8S/c1-20(2)19-32(41(35,36)23-10-5-4-6-11-23)26-24(40-22-9-7-8-21(18-22)37-3)27(39-17-14-33)30-25(29-26)28(34)31-12-15-38-16-13-31/h4-11,18,20,33H,12-17,19H2,1-3H3. The number of nitrogens with zero attached hydrogens (tertiary/aromatic N) is 4. The topological polar surface area (TPSA) is 141 Å². The van der Waals surface area contributed by atoms with Gasteiger partial charge in [-0.25, -0.2) is 17.7 Å². The number of methoxy groups -OCH3 is 1. The smallest absolute Gasteiger partial charge is 0.292 e. The quantitative estimate of drug-likeness (QED) is 0.337. The maximum Gasteiger partial charge on any atom is 0.292 e. The van der Waals surface area contributed by atoms with Crippen molar-refractivity contribution in [1.82, 2.24) is 14.9 Å². The molecule has 1 aromatic heterocycles. The molecule has 1 aliphatic rings. The lowest BCUT2D eigenvalue weighted by atomic mass is 10.2. The Morgan fingerprint density at radius 1 is 1.07 bits per heavy atom. The van der Waals surface area contributed by atoms with E-state index in [0.29, 0.717) is 32.1 Å². The van der Waals surface area contributed by atoms with E-state index in [1.165, 1.54) is 24.1 Å². The second kappa shape index (κ2) is 13.6. The number of carbonyl (C=O) groups is 1. The predicted molar refractivity (Wildman–Crippen MR) is 150 cm³/mol. The van der Waals surface area contributed by atoms with E-state index in [1.54, 1.807) is 42.5 Å². The Labute approximate surface area is 239 Å². The Morgan fingerprint density at radius 2 is 1.78 bits per heavy atom. The van der Waals surface area contributed by atoms with Crippen LogP contribution in [0.1, 0.15) is 24.5 Å². The van der Waals surface area contributed by atoms with Crippen LogP contribution in [0.2, 0.25) is 0 Å². The largest absolute Gasteiger partial charge is 0.497 e. The molecule has 4 rings (SSSR count). The van der Waals surface area contributed by atoms with Crippen molar-refractivity contribution in [2.45, 2.75) is 18.7 Å². The Morgan fingerprint density at radius 3 is 2.44 bits per heavy atom. The molecule has 1 amide bonds. The summed E-state index contributed by atoms with van der Waals surface area (Å²) >= 11 is 0. The van der Waals surface area contributed by atoms with Gasteiger partial charge in [-0.15, -0.1) is 0 Å². The maximum atomic E-state index is 14.1. The number of ether oxygens (including phenoxy) is 4. The third kappa shape index (κ3) is 7.23. The van der Waals surface area contributed by atoms with Gasteiger partial charge >= 0.3 is 0 Å². The van der Waals surface area contributed by atoms with E-state index in [2.05, 4.69) is 9.97 Å². The van der Waals surface area contributed by atoms with Crippen molar-refractivity contribution in [2.24, 2.45) is 5.92 Å². The molecule has 2 heterocycles. The van der Waals surface area contributed by atoms with Gasteiger partial charge in [0.1, 0.15) is 18.1 Å². The van der Waals surface area contributed by atoms with Gasteiger partial charge in [0, 0.05) is 25.7 Å². The molecule has 41 heavy (non-hydrogen) atoms. The van der Waals surface area contributed by atoms with Crippen LogP contribution in [0.25, 0.3) is 0 Å². The summed E-state index contributed by atoms with van der Waals surface area (Å²) in [6, 6.07) is 14.6. The molecule has 1 aliphatic heterocycles. The van der Waals surface area contributed by atoms with Gasteiger partial charge in [0.25, 0.3) is 21.8 Å². The molecular weight excluding hydrogens is 552 g/mol. The van der Waals surface area contributed by atoms with Crippen molar-refractivity contribution in [3.63, 3.8) is 0 Å². The van der Waals surface area contributed by atoms with E-state index in [-0.39, 0.29) is 59.6 Å². The third-order valence-corrected chi connectivity index (χ3v) is 7.77. The predicted octanol–water partition coefficient (Wildman–Crippen LogP) is 2.97. The Balaban J connectivity index is 1.95. The number of aliphatic hydroxyl groups is 1. The highest BCUT2D eigenvalue weighted by atomic mass is 32.2. The van der Waals surface area contributed by atoms with E-state index in [9.17, 15) is 18.3 Å². The highest BCUT2D eigenvalue weighted by molar-refractivity contribution is 7.92. The summed E-state index contributed by atoms with van der Waals surface area (Å²) in [6.07, 6.45) is 0. The van der Waals surface area contributed by atoms with Crippen LogP contribution in [0.5, 0.6) is 23.1 Å². The fraction of sp³-hybridized carbons (Fsp3) is 0.393. The lowest BCUT2D eigenvalue weighted by molar-refractivity contribution is 0.0294. The molecule has 0 atom stereocenters. The minimum absolute atomic E-state index is 0.00728. The summed E-state index contributed by atoms with van der Waals surface area (Å²) in [5.41, 5.74) is 0. The first kappa shape index (κ1) is 30.0. The number of anilines is 1. The lowest BCUT2D eigenvalue weighted by Gasteiger charge is -2.29. The molecule has 220 valence electrons. The molecule has 0 bridgehead atoms. The van der Waals surface area contributed by atoms with Crippen LogP contribution in [0.3, 0.4) is 0 Å². The van der Waals surface area contributed by atoms with E-state index in [4.69, 9.17) is 18.9 Å². The van der Waals surface area contributed by atoms with E-state index in [0.717, 1.165) is 4.31 Å². The average molecular weight is 587 g/mol. The van der Waals surface area contributed by atoms with Gasteiger partial charge in [-0.3, -0.25) is 4.79 Å². The first-order valence-electron chi connectivity index (χ1n) is 13.2. The van der Waals surface area contributed by atoms with Gasteiger partial charge in [0.2, 0.25) is 11.6 Å². The van der Waals surface area contributed by atoms with Crippen molar-refractivity contribution in [1.29, 1.82) is 0 Å². The molecule has 1 saturated heterocycles. The molecule has 2 aromatic carbocycles. The number of rotatable bonds is 12. The zero-order valence-corrected chi connectivity index (χ0v) is 24.0. The van der Waals surface area contributed by atoms with Crippen LogP contribution >= 0.6 is 0 Å². The number of sulfonamides is 1. The number of carbonyl (C=O) groups excluding carboxylic acids is 1. The molecule has 0 saturated carbocycles. The molecule has 0 aliphatic carbocycles. The van der Waals surface area contributed by atoms with Gasteiger partial charge in [0.15, 0.2) is 5.82 Å². The van der Waals surface area contributed by atoms with Crippen LogP contribution in [0, 0.1) is 5.92 Å². The number of amides is 1. The minimum Gasteiger partial charge on any atom is -0.497 e. The fourth-order valence-electron chi connectivity index (χ4n) is 4.05. The zero-order chi connectivity index (χ0) is 29.4. The molecule has 3 aromatic rings. The molecule has 1 fully saturated rings. The normalized spacial score (nSPS) is 13.6. The number of benzene rings is 2. The Hall–Kier alpha value is -3.94. The van der Waals surface area contributed by atoms with Crippen LogP contribution in [-0.4, -0.2) is 87.5 Å². The highest BCUT2D eigenvalue weighted by Crippen LogP contribution is 2.41. The van der Waals surface area contributed by atoms with Crippen molar-refractivity contribution in [3.05, 3.63) is 60.4 Å². The van der Waals surface area contributed by atoms with Gasteiger partial charge in [-0.2, -0.15) is 4.98 Å². The summed E-state index contributed by atoms with van der Waals surface area (Å²) in [7, 11) is -2.69. The number of hydrogen-bond donors (Lipinski definition) is 1. The second-order valence-electron chi connectivity index (χ2n) is 9.51. The number of morpholine rings is 1. The van der Waals surface area contributed by atoms with Crippen molar-refractivity contribution >= 4 is 21.7 Å². The van der Waals surface area contributed by atoms with E-state index >= 15 is 0 Å². The average Bonchev–Trinajstić information content (AvgIpc) is 2.99. The first-order valence-corrected chi connectivity index (χ1v) is 14.6. The van der Waals surface area contributed by atoms with Gasteiger partial charge in [0.05, 0.1) is 31.8 Å². The summed E-state index contributed by atoms with van der Waals surface area (Å²) in [5.74, 6) is -0.651. The lowest BCUT2D eigenvalue weighted by Crippen LogP contribution is -2.42. The van der Waals surface area contributed by atoms with Crippen molar-refractivity contribution in [2.75, 3.05) is 57.5 Å². The summed E-state index contributed by atoms with van der Waals surface area (Å²) < 4.78 is 51.9. The zero-order valence-electron chi connectivity index (χ0n) is 23.2. The summed E-state index contributed by atoms with van der Waals surface area (Å²) in [6.45, 7) is 4.54. The van der Waals surface area contributed by atoms with Crippen LogP contribution < -0.4 is 18.5 Å². The fourth-order valence-corrected chi connectivity index (χ4v) is 5.65. The molecule has 13 heteroatoms. The SMILES string of the molecule is COc1cccc(Oc2c(OCCO)nc(C(=O)N3CCOCC3)nc2N(CC(C)C)S(=O)(=O)c2ccccc2)c1. The van der Waals surface area contributed by atoms with Crippen LogP contribution in [0.15, 0.2) is 59.5 Å².